The minimum atomic E-state index is -4.84. The van der Waals surface area contributed by atoms with E-state index >= 15 is 0 Å². The summed E-state index contributed by atoms with van der Waals surface area (Å²) in [5.74, 6) is -4.10. The van der Waals surface area contributed by atoms with Crippen LogP contribution in [-0.2, 0) is 20.9 Å². The van der Waals surface area contributed by atoms with Crippen molar-refractivity contribution in [3.05, 3.63) is 41.8 Å². The summed E-state index contributed by atoms with van der Waals surface area (Å²) in [6.45, 7) is -1.15. The van der Waals surface area contributed by atoms with E-state index in [4.69, 9.17) is 14.5 Å². The highest BCUT2D eigenvalue weighted by atomic mass is 31.2. The van der Waals surface area contributed by atoms with Crippen molar-refractivity contribution in [1.82, 2.24) is 25.2 Å². The van der Waals surface area contributed by atoms with Crippen LogP contribution in [0, 0.1) is 17.5 Å². The number of phosphoric acid groups is 1. The van der Waals surface area contributed by atoms with Crippen LogP contribution in [0.3, 0.4) is 0 Å². The molecule has 0 unspecified atom stereocenters. The van der Waals surface area contributed by atoms with E-state index in [1.54, 1.807) is 7.05 Å². The molecule has 1 saturated heterocycles. The van der Waals surface area contributed by atoms with Crippen LogP contribution >= 0.6 is 7.82 Å². The van der Waals surface area contributed by atoms with Gasteiger partial charge in [-0.25, -0.2) is 22.5 Å². The Morgan fingerprint density at radius 2 is 2.03 bits per heavy atom. The number of pyridine rings is 1. The standard InChI is InChI=1S/C17H14F3N6O6P/c1-25-23-16(22-24-25)11-3-2-8(5-21-11)13-10(18)4-12(14(19)15(13)20)26-6-9(32-17(26)27)7-31-33(28,29)30/h2-5,9H,6-7H2,1H3,(H2,28,29,30)/t9-/m1/s1. The Balaban J connectivity index is 1.60. The molecule has 0 radical (unpaired) electrons. The second-order valence-electron chi connectivity index (χ2n) is 6.82. The summed E-state index contributed by atoms with van der Waals surface area (Å²) in [6, 6.07) is 3.28. The van der Waals surface area contributed by atoms with Gasteiger partial charge in [-0.1, -0.05) is 6.07 Å². The predicted octanol–water partition coefficient (Wildman–Crippen LogP) is 1.79. The van der Waals surface area contributed by atoms with E-state index in [2.05, 4.69) is 24.9 Å². The zero-order valence-electron chi connectivity index (χ0n) is 16.6. The van der Waals surface area contributed by atoms with Crippen LogP contribution in [0.5, 0.6) is 0 Å². The Kier molecular flexibility index (Phi) is 5.88. The van der Waals surface area contributed by atoms with Crippen molar-refractivity contribution in [2.45, 2.75) is 6.10 Å². The lowest BCUT2D eigenvalue weighted by Gasteiger charge is -2.16. The second-order valence-corrected chi connectivity index (χ2v) is 8.06. The minimum absolute atomic E-state index is 0.0833. The third kappa shape index (κ3) is 4.71. The summed E-state index contributed by atoms with van der Waals surface area (Å²) >= 11 is 0. The van der Waals surface area contributed by atoms with E-state index in [0.29, 0.717) is 11.0 Å². The number of benzene rings is 1. The number of amides is 1. The van der Waals surface area contributed by atoms with Gasteiger partial charge in [0.25, 0.3) is 0 Å². The van der Waals surface area contributed by atoms with Gasteiger partial charge in [0.2, 0.25) is 5.82 Å². The minimum Gasteiger partial charge on any atom is -0.441 e. The van der Waals surface area contributed by atoms with Crippen molar-refractivity contribution in [3.63, 3.8) is 0 Å². The molecule has 16 heteroatoms. The molecule has 0 spiro atoms. The molecule has 174 valence electrons. The highest BCUT2D eigenvalue weighted by molar-refractivity contribution is 7.46. The van der Waals surface area contributed by atoms with Crippen molar-refractivity contribution in [2.75, 3.05) is 18.1 Å². The molecule has 1 aliphatic rings. The van der Waals surface area contributed by atoms with Crippen LogP contribution in [0.4, 0.5) is 23.7 Å². The van der Waals surface area contributed by atoms with Crippen molar-refractivity contribution >= 4 is 19.6 Å². The molecule has 4 rings (SSSR count). The first-order valence-corrected chi connectivity index (χ1v) is 10.6. The van der Waals surface area contributed by atoms with Crippen LogP contribution in [-0.4, -0.2) is 60.3 Å². The van der Waals surface area contributed by atoms with E-state index in [1.165, 1.54) is 16.9 Å². The van der Waals surface area contributed by atoms with Gasteiger partial charge in [-0.15, -0.1) is 10.2 Å². The van der Waals surface area contributed by atoms with Crippen LogP contribution in [0.25, 0.3) is 22.6 Å². The number of hydrogen-bond acceptors (Lipinski definition) is 8. The average Bonchev–Trinajstić information content (AvgIpc) is 3.35. The number of carbonyl (C=O) groups is 1. The quantitative estimate of drug-likeness (QED) is 0.390. The number of tetrazole rings is 1. The fraction of sp³-hybridized carbons (Fsp3) is 0.235. The highest BCUT2D eigenvalue weighted by Gasteiger charge is 2.37. The van der Waals surface area contributed by atoms with Gasteiger partial charge in [0.15, 0.2) is 11.6 Å². The number of rotatable bonds is 6. The molecule has 0 bridgehead atoms. The van der Waals surface area contributed by atoms with Crippen LogP contribution < -0.4 is 4.90 Å². The van der Waals surface area contributed by atoms with Gasteiger partial charge in [-0.2, -0.15) is 4.80 Å². The Hall–Kier alpha value is -3.39. The Morgan fingerprint density at radius 3 is 2.64 bits per heavy atom. The zero-order valence-corrected chi connectivity index (χ0v) is 17.5. The topological polar surface area (TPSA) is 153 Å². The van der Waals surface area contributed by atoms with Gasteiger partial charge in [0.05, 0.1) is 31.5 Å². The van der Waals surface area contributed by atoms with Gasteiger partial charge in [0.1, 0.15) is 17.6 Å². The molecule has 1 aliphatic heterocycles. The van der Waals surface area contributed by atoms with Crippen molar-refractivity contribution in [3.8, 4) is 22.6 Å². The molecule has 3 aromatic rings. The first-order chi connectivity index (χ1) is 15.5. The summed E-state index contributed by atoms with van der Waals surface area (Å²) in [7, 11) is -3.30. The summed E-state index contributed by atoms with van der Waals surface area (Å²) in [6.07, 6.45) is -1.25. The van der Waals surface area contributed by atoms with Crippen LogP contribution in [0.1, 0.15) is 0 Å². The van der Waals surface area contributed by atoms with E-state index in [9.17, 15) is 22.5 Å². The maximum Gasteiger partial charge on any atom is 0.469 e. The summed E-state index contributed by atoms with van der Waals surface area (Å²) in [5.41, 5.74) is -1.27. The van der Waals surface area contributed by atoms with Crippen LogP contribution in [0.2, 0.25) is 0 Å². The molecule has 1 atom stereocenters. The monoisotopic (exact) mass is 486 g/mol. The molecule has 33 heavy (non-hydrogen) atoms. The van der Waals surface area contributed by atoms with Gasteiger partial charge in [-0.3, -0.25) is 14.4 Å². The molecular weight excluding hydrogens is 472 g/mol. The Bertz CT molecular complexity index is 1270. The van der Waals surface area contributed by atoms with E-state index in [1.807, 2.05) is 0 Å². The fourth-order valence-electron chi connectivity index (χ4n) is 3.09. The Morgan fingerprint density at radius 1 is 1.27 bits per heavy atom. The lowest BCUT2D eigenvalue weighted by molar-refractivity contribution is 0.0880. The molecule has 12 nitrogen and oxygen atoms in total. The predicted molar refractivity (Wildman–Crippen MR) is 103 cm³/mol. The van der Waals surface area contributed by atoms with Crippen molar-refractivity contribution in [2.24, 2.45) is 7.05 Å². The summed E-state index contributed by atoms with van der Waals surface area (Å²) in [4.78, 5) is 35.3. The van der Waals surface area contributed by atoms with Gasteiger partial charge < -0.3 is 14.5 Å². The van der Waals surface area contributed by atoms with E-state index in [0.717, 1.165) is 6.20 Å². The van der Waals surface area contributed by atoms with E-state index < -0.39 is 61.9 Å². The number of nitrogens with zero attached hydrogens (tertiary/aromatic N) is 6. The third-order valence-corrected chi connectivity index (χ3v) is 5.01. The molecule has 1 aromatic carbocycles. The number of hydrogen-bond donors (Lipinski definition) is 2. The number of halogens is 3. The molecular formula is C17H14F3N6O6P. The third-order valence-electron chi connectivity index (χ3n) is 4.52. The normalized spacial score (nSPS) is 16.4. The smallest absolute Gasteiger partial charge is 0.441 e. The largest absolute Gasteiger partial charge is 0.469 e. The molecule has 2 aromatic heterocycles. The number of anilines is 1. The number of carbonyl (C=O) groups excluding carboxylic acids is 1. The maximum absolute atomic E-state index is 14.8. The number of phosphoric ester groups is 1. The SMILES string of the molecule is Cn1nnc(-c2ccc(-c3c(F)cc(N4C[C@H](COP(=O)(O)O)OC4=O)c(F)c3F)cn2)n1. The summed E-state index contributed by atoms with van der Waals surface area (Å²) in [5, 5.41) is 11.4. The molecule has 0 aliphatic carbocycles. The lowest BCUT2D eigenvalue weighted by Crippen LogP contribution is -2.27. The second kappa shape index (κ2) is 8.51. The number of aromatic nitrogens is 5. The Labute approximate surface area is 182 Å². The molecule has 1 amide bonds. The fourth-order valence-corrected chi connectivity index (χ4v) is 3.45. The van der Waals surface area contributed by atoms with Gasteiger partial charge in [0, 0.05) is 17.8 Å². The molecule has 0 saturated carbocycles. The highest BCUT2D eigenvalue weighted by Crippen LogP contribution is 2.38. The van der Waals surface area contributed by atoms with E-state index in [-0.39, 0.29) is 17.1 Å². The van der Waals surface area contributed by atoms with Crippen LogP contribution in [0.15, 0.2) is 24.4 Å². The number of cyclic esters (lactones) is 1. The van der Waals surface area contributed by atoms with Crippen molar-refractivity contribution < 1.29 is 41.6 Å². The first-order valence-electron chi connectivity index (χ1n) is 9.10. The zero-order chi connectivity index (χ0) is 23.9. The number of aryl methyl sites for hydroxylation is 1. The van der Waals surface area contributed by atoms with Gasteiger partial charge >= 0.3 is 13.9 Å². The molecule has 1 fully saturated rings. The van der Waals surface area contributed by atoms with Crippen molar-refractivity contribution in [1.29, 1.82) is 0 Å². The summed E-state index contributed by atoms with van der Waals surface area (Å²) < 4.78 is 64.3. The number of ether oxygens (including phenoxy) is 1. The maximum atomic E-state index is 14.8. The average molecular weight is 486 g/mol. The molecule has 3 heterocycles. The first kappa shape index (κ1) is 22.8. The van der Waals surface area contributed by atoms with Gasteiger partial charge in [-0.05, 0) is 11.3 Å². The molecule has 2 N–H and O–H groups in total. The lowest BCUT2D eigenvalue weighted by atomic mass is 10.0.